The number of rotatable bonds is 9. The number of carbonyl (C=O) groups excluding carboxylic acids is 2. The molecule has 0 aliphatic carbocycles. The van der Waals surface area contributed by atoms with E-state index in [0.717, 1.165) is 56.1 Å². The monoisotopic (exact) mass is 444 g/mol. The van der Waals surface area contributed by atoms with Gasteiger partial charge in [0.25, 0.3) is 11.8 Å². The predicted molar refractivity (Wildman–Crippen MR) is 125 cm³/mol. The summed E-state index contributed by atoms with van der Waals surface area (Å²) in [7, 11) is 2.01. The molecule has 0 radical (unpaired) electrons. The highest BCUT2D eigenvalue weighted by molar-refractivity contribution is 7.13. The van der Waals surface area contributed by atoms with Crippen molar-refractivity contribution in [1.82, 2.24) is 10.3 Å². The molecule has 0 saturated carbocycles. The lowest BCUT2D eigenvalue weighted by molar-refractivity contribution is 0.0685. The van der Waals surface area contributed by atoms with E-state index in [9.17, 15) is 9.59 Å². The van der Waals surface area contributed by atoms with Crippen molar-refractivity contribution >= 4 is 34.0 Å². The van der Waals surface area contributed by atoms with E-state index in [1.54, 1.807) is 11.4 Å². The molecule has 1 aliphatic heterocycles. The number of hydrogen-bond donors (Lipinski definition) is 2. The standard InChI is InChI=1S/C23H32N4O3S/c1-4-10-24-21(28)18-13-16(5-2)6-7-19(18)25-22(29)20-15-31-23(26-20)27(3)14-17-8-11-30-12-9-17/h6-7,13,15,17H,4-5,8-12,14H2,1-3H3,(H,24,28)(H,25,29). The smallest absolute Gasteiger partial charge is 0.275 e. The normalized spacial score (nSPS) is 14.3. The number of ether oxygens (including phenoxy) is 1. The van der Waals surface area contributed by atoms with Gasteiger partial charge in [0.15, 0.2) is 5.13 Å². The summed E-state index contributed by atoms with van der Waals surface area (Å²) in [5, 5.41) is 8.35. The van der Waals surface area contributed by atoms with Crippen LogP contribution in [0.15, 0.2) is 23.6 Å². The van der Waals surface area contributed by atoms with Gasteiger partial charge in [-0.25, -0.2) is 4.98 Å². The van der Waals surface area contributed by atoms with Crippen LogP contribution in [0.4, 0.5) is 10.8 Å². The van der Waals surface area contributed by atoms with Crippen molar-refractivity contribution < 1.29 is 14.3 Å². The first-order valence-electron chi connectivity index (χ1n) is 11.0. The van der Waals surface area contributed by atoms with Crippen LogP contribution in [-0.4, -0.2) is 50.1 Å². The van der Waals surface area contributed by atoms with Gasteiger partial charge >= 0.3 is 0 Å². The minimum atomic E-state index is -0.309. The zero-order chi connectivity index (χ0) is 22.2. The van der Waals surface area contributed by atoms with Crippen molar-refractivity contribution in [1.29, 1.82) is 0 Å². The Bertz CT molecular complexity index is 893. The number of aromatic nitrogens is 1. The Balaban J connectivity index is 1.69. The quantitative estimate of drug-likeness (QED) is 0.612. The maximum atomic E-state index is 12.8. The van der Waals surface area contributed by atoms with Crippen molar-refractivity contribution in [3.63, 3.8) is 0 Å². The summed E-state index contributed by atoms with van der Waals surface area (Å²) in [4.78, 5) is 32.1. The Morgan fingerprint density at radius 1 is 1.23 bits per heavy atom. The molecule has 3 rings (SSSR count). The third kappa shape index (κ3) is 6.27. The number of aryl methyl sites for hydroxylation is 1. The summed E-state index contributed by atoms with van der Waals surface area (Å²) in [6.45, 7) is 7.17. The summed E-state index contributed by atoms with van der Waals surface area (Å²) >= 11 is 1.46. The molecular formula is C23H32N4O3S. The van der Waals surface area contributed by atoms with Crippen molar-refractivity contribution in [2.24, 2.45) is 5.92 Å². The van der Waals surface area contributed by atoms with E-state index in [0.29, 0.717) is 29.4 Å². The molecule has 2 N–H and O–H groups in total. The average molecular weight is 445 g/mol. The van der Waals surface area contributed by atoms with E-state index in [1.165, 1.54) is 11.3 Å². The fourth-order valence-corrected chi connectivity index (χ4v) is 4.35. The van der Waals surface area contributed by atoms with Gasteiger partial charge in [-0.1, -0.05) is 19.9 Å². The average Bonchev–Trinajstić information content (AvgIpc) is 3.29. The summed E-state index contributed by atoms with van der Waals surface area (Å²) in [6.07, 6.45) is 3.78. The highest BCUT2D eigenvalue weighted by Gasteiger charge is 2.20. The molecule has 2 aromatic rings. The van der Waals surface area contributed by atoms with Crippen LogP contribution >= 0.6 is 11.3 Å². The van der Waals surface area contributed by atoms with Gasteiger partial charge < -0.3 is 20.3 Å². The second-order valence-corrected chi connectivity index (χ2v) is 8.73. The topological polar surface area (TPSA) is 83.6 Å². The number of hydrogen-bond acceptors (Lipinski definition) is 6. The van der Waals surface area contributed by atoms with E-state index in [2.05, 4.69) is 20.5 Å². The van der Waals surface area contributed by atoms with Crippen LogP contribution in [0.5, 0.6) is 0 Å². The number of anilines is 2. The van der Waals surface area contributed by atoms with E-state index in [-0.39, 0.29) is 11.8 Å². The van der Waals surface area contributed by atoms with Crippen molar-refractivity contribution in [3.05, 3.63) is 40.4 Å². The summed E-state index contributed by atoms with van der Waals surface area (Å²) in [6, 6.07) is 5.57. The fourth-order valence-electron chi connectivity index (χ4n) is 3.57. The first kappa shape index (κ1) is 23.2. The van der Waals surface area contributed by atoms with Gasteiger partial charge in [-0.15, -0.1) is 11.3 Å². The minimum absolute atomic E-state index is 0.178. The Morgan fingerprint density at radius 3 is 2.71 bits per heavy atom. The molecule has 7 nitrogen and oxygen atoms in total. The van der Waals surface area contributed by atoms with Crippen LogP contribution in [0.3, 0.4) is 0 Å². The number of benzene rings is 1. The SMILES string of the molecule is CCCNC(=O)c1cc(CC)ccc1NC(=O)c1csc(N(C)CC2CCOCC2)n1. The Kier molecular flexibility index (Phi) is 8.43. The number of thiazole rings is 1. The number of carbonyl (C=O) groups is 2. The molecule has 0 spiro atoms. The van der Waals surface area contributed by atoms with Gasteiger partial charge in [0.2, 0.25) is 0 Å². The second kappa shape index (κ2) is 11.2. The second-order valence-electron chi connectivity index (χ2n) is 7.90. The van der Waals surface area contributed by atoms with E-state index >= 15 is 0 Å². The lowest BCUT2D eigenvalue weighted by Crippen LogP contribution is -2.29. The van der Waals surface area contributed by atoms with Gasteiger partial charge in [0.05, 0.1) is 11.3 Å². The molecule has 1 aliphatic rings. The number of nitrogens with one attached hydrogen (secondary N) is 2. The van der Waals surface area contributed by atoms with Gasteiger partial charge in [-0.05, 0) is 49.3 Å². The fraction of sp³-hybridized carbons (Fsp3) is 0.522. The first-order chi connectivity index (χ1) is 15.0. The molecule has 0 unspecified atom stereocenters. The number of nitrogens with zero attached hydrogens (tertiary/aromatic N) is 2. The van der Waals surface area contributed by atoms with Gasteiger partial charge in [-0.3, -0.25) is 9.59 Å². The van der Waals surface area contributed by atoms with Gasteiger partial charge in [-0.2, -0.15) is 0 Å². The molecule has 1 fully saturated rings. The van der Waals surface area contributed by atoms with E-state index in [1.807, 2.05) is 33.0 Å². The Hall–Kier alpha value is -2.45. The molecule has 2 heterocycles. The zero-order valence-electron chi connectivity index (χ0n) is 18.6. The molecule has 2 amide bonds. The minimum Gasteiger partial charge on any atom is -0.381 e. The maximum absolute atomic E-state index is 12.8. The summed E-state index contributed by atoms with van der Waals surface area (Å²) in [5.41, 5.74) is 2.39. The van der Waals surface area contributed by atoms with E-state index < -0.39 is 0 Å². The molecule has 0 atom stereocenters. The van der Waals surface area contributed by atoms with Crippen LogP contribution in [0.25, 0.3) is 0 Å². The Labute approximate surface area is 188 Å². The molecule has 0 bridgehead atoms. The molecule has 31 heavy (non-hydrogen) atoms. The number of amides is 2. The maximum Gasteiger partial charge on any atom is 0.275 e. The molecule has 1 saturated heterocycles. The first-order valence-corrected chi connectivity index (χ1v) is 11.9. The Morgan fingerprint density at radius 2 is 2.00 bits per heavy atom. The molecular weight excluding hydrogens is 412 g/mol. The summed E-state index contributed by atoms with van der Waals surface area (Å²) < 4.78 is 5.43. The van der Waals surface area contributed by atoms with Crippen LogP contribution < -0.4 is 15.5 Å². The molecule has 1 aromatic heterocycles. The van der Waals surface area contributed by atoms with Gasteiger partial charge in [0.1, 0.15) is 5.69 Å². The van der Waals surface area contributed by atoms with Crippen LogP contribution in [0.1, 0.15) is 59.5 Å². The lowest BCUT2D eigenvalue weighted by Gasteiger charge is -2.26. The van der Waals surface area contributed by atoms with Crippen LogP contribution in [0, 0.1) is 5.92 Å². The molecule has 1 aromatic carbocycles. The summed E-state index contributed by atoms with van der Waals surface area (Å²) in [5.74, 6) is 0.0968. The largest absolute Gasteiger partial charge is 0.381 e. The zero-order valence-corrected chi connectivity index (χ0v) is 19.4. The van der Waals surface area contributed by atoms with Crippen LogP contribution in [0.2, 0.25) is 0 Å². The molecule has 8 heteroatoms. The third-order valence-electron chi connectivity index (χ3n) is 5.44. The lowest BCUT2D eigenvalue weighted by atomic mass is 10.0. The highest BCUT2D eigenvalue weighted by atomic mass is 32.1. The van der Waals surface area contributed by atoms with Crippen molar-refractivity contribution in [2.45, 2.75) is 39.5 Å². The molecule has 168 valence electrons. The van der Waals surface area contributed by atoms with Crippen molar-refractivity contribution in [2.75, 3.05) is 43.6 Å². The highest BCUT2D eigenvalue weighted by Crippen LogP contribution is 2.25. The van der Waals surface area contributed by atoms with E-state index in [4.69, 9.17) is 4.74 Å². The van der Waals surface area contributed by atoms with Gasteiger partial charge in [0, 0.05) is 38.7 Å². The van der Waals surface area contributed by atoms with Crippen molar-refractivity contribution in [3.8, 4) is 0 Å². The predicted octanol–water partition coefficient (Wildman–Crippen LogP) is 3.96. The van der Waals surface area contributed by atoms with Crippen LogP contribution in [-0.2, 0) is 11.2 Å². The third-order valence-corrected chi connectivity index (χ3v) is 6.40.